The van der Waals surface area contributed by atoms with Gasteiger partial charge in [-0.25, -0.2) is 4.98 Å². The first-order valence-electron chi connectivity index (χ1n) is 8.96. The minimum Gasteiger partial charge on any atom is -0.389 e. The van der Waals surface area contributed by atoms with Crippen molar-refractivity contribution in [3.05, 3.63) is 33.6 Å². The molecule has 1 N–H and O–H groups in total. The molecule has 2 aromatic heterocycles. The molecule has 7 heteroatoms. The number of anilines is 2. The van der Waals surface area contributed by atoms with Crippen molar-refractivity contribution >= 4 is 23.1 Å². The van der Waals surface area contributed by atoms with Gasteiger partial charge < -0.3 is 19.6 Å². The molecule has 0 amide bonds. The zero-order chi connectivity index (χ0) is 16.8. The van der Waals surface area contributed by atoms with Crippen LogP contribution in [-0.2, 0) is 17.7 Å². The number of β-amino-alcohol motifs (C(OH)–C–C–N with tert-alkyl or cyclic N) is 1. The highest BCUT2D eigenvalue weighted by Crippen LogP contribution is 2.32. The SMILES string of the molecule is OC1CN(c2nc([C@H]3CCOC3)cc(N3CCc4sccc4C3)n2)C1. The van der Waals surface area contributed by atoms with Gasteiger partial charge in [0.25, 0.3) is 0 Å². The standard InChI is InChI=1S/C18H22N4O2S/c23-14-9-22(10-14)18-19-15(13-2-5-24-11-13)7-17(20-18)21-4-1-16-12(8-21)3-6-25-16/h3,6-7,13-14,23H,1-2,4-5,8-11H2/t13-/m0/s1. The molecule has 3 aliphatic heterocycles. The van der Waals surface area contributed by atoms with E-state index in [4.69, 9.17) is 14.7 Å². The molecule has 0 spiro atoms. The number of aliphatic hydroxyl groups is 1. The van der Waals surface area contributed by atoms with Crippen LogP contribution in [0.4, 0.5) is 11.8 Å². The molecule has 1 atom stereocenters. The molecule has 5 heterocycles. The molecule has 3 aliphatic rings. The summed E-state index contributed by atoms with van der Waals surface area (Å²) in [5.74, 6) is 2.11. The first-order chi connectivity index (χ1) is 12.3. The van der Waals surface area contributed by atoms with E-state index in [1.807, 2.05) is 11.3 Å². The lowest BCUT2D eigenvalue weighted by Crippen LogP contribution is -2.51. The highest BCUT2D eigenvalue weighted by atomic mass is 32.1. The van der Waals surface area contributed by atoms with Gasteiger partial charge in [0.15, 0.2) is 0 Å². The van der Waals surface area contributed by atoms with E-state index in [0.29, 0.717) is 19.0 Å². The van der Waals surface area contributed by atoms with Crippen LogP contribution in [0.2, 0.25) is 0 Å². The van der Waals surface area contributed by atoms with Crippen molar-refractivity contribution in [2.45, 2.75) is 31.4 Å². The first kappa shape index (κ1) is 15.5. The molecule has 132 valence electrons. The Labute approximate surface area is 151 Å². The summed E-state index contributed by atoms with van der Waals surface area (Å²) >= 11 is 1.86. The number of aliphatic hydroxyl groups excluding tert-OH is 1. The number of thiophene rings is 1. The fraction of sp³-hybridized carbons (Fsp3) is 0.556. The largest absolute Gasteiger partial charge is 0.389 e. The maximum Gasteiger partial charge on any atom is 0.227 e. The summed E-state index contributed by atoms with van der Waals surface area (Å²) < 4.78 is 5.56. The van der Waals surface area contributed by atoms with E-state index in [0.717, 1.165) is 56.6 Å². The number of ether oxygens (including phenoxy) is 1. The van der Waals surface area contributed by atoms with Gasteiger partial charge in [0.2, 0.25) is 5.95 Å². The summed E-state index contributed by atoms with van der Waals surface area (Å²) in [6.07, 6.45) is 1.85. The van der Waals surface area contributed by atoms with Crippen molar-refractivity contribution in [2.75, 3.05) is 42.6 Å². The average Bonchev–Trinajstić information content (AvgIpc) is 3.29. The number of hydrogen-bond donors (Lipinski definition) is 1. The van der Waals surface area contributed by atoms with Gasteiger partial charge in [-0.3, -0.25) is 0 Å². The van der Waals surface area contributed by atoms with Crippen LogP contribution in [0.5, 0.6) is 0 Å². The van der Waals surface area contributed by atoms with Crippen LogP contribution < -0.4 is 9.80 Å². The van der Waals surface area contributed by atoms with Crippen molar-refractivity contribution in [2.24, 2.45) is 0 Å². The highest BCUT2D eigenvalue weighted by molar-refractivity contribution is 7.10. The number of nitrogens with zero attached hydrogens (tertiary/aromatic N) is 4. The van der Waals surface area contributed by atoms with Crippen molar-refractivity contribution < 1.29 is 9.84 Å². The van der Waals surface area contributed by atoms with E-state index in [-0.39, 0.29) is 6.10 Å². The Morgan fingerprint density at radius 2 is 2.16 bits per heavy atom. The Morgan fingerprint density at radius 1 is 1.24 bits per heavy atom. The Bertz CT molecular complexity index is 768. The summed E-state index contributed by atoms with van der Waals surface area (Å²) in [7, 11) is 0. The Balaban J connectivity index is 1.47. The third kappa shape index (κ3) is 2.90. The van der Waals surface area contributed by atoms with E-state index in [1.165, 1.54) is 10.4 Å². The Kier molecular flexibility index (Phi) is 3.87. The summed E-state index contributed by atoms with van der Waals surface area (Å²) in [5, 5.41) is 11.8. The van der Waals surface area contributed by atoms with Gasteiger partial charge in [-0.05, 0) is 29.9 Å². The number of hydrogen-bond acceptors (Lipinski definition) is 7. The van der Waals surface area contributed by atoms with Crippen LogP contribution in [0.25, 0.3) is 0 Å². The van der Waals surface area contributed by atoms with Crippen molar-refractivity contribution in [1.82, 2.24) is 9.97 Å². The maximum absolute atomic E-state index is 9.64. The molecule has 0 unspecified atom stereocenters. The summed E-state index contributed by atoms with van der Waals surface area (Å²) in [5.41, 5.74) is 2.50. The lowest BCUT2D eigenvalue weighted by Gasteiger charge is -2.37. The zero-order valence-corrected chi connectivity index (χ0v) is 14.9. The minimum atomic E-state index is -0.256. The number of rotatable bonds is 3. The average molecular weight is 358 g/mol. The quantitative estimate of drug-likeness (QED) is 0.903. The molecule has 2 fully saturated rings. The van der Waals surface area contributed by atoms with Crippen LogP contribution in [0.1, 0.15) is 28.5 Å². The molecule has 2 aromatic rings. The van der Waals surface area contributed by atoms with Gasteiger partial charge in [0, 0.05) is 49.6 Å². The molecular formula is C18H22N4O2S. The molecule has 2 saturated heterocycles. The lowest BCUT2D eigenvalue weighted by molar-refractivity contribution is 0.140. The van der Waals surface area contributed by atoms with Gasteiger partial charge >= 0.3 is 0 Å². The van der Waals surface area contributed by atoms with Gasteiger partial charge in [-0.2, -0.15) is 4.98 Å². The Morgan fingerprint density at radius 3 is 2.96 bits per heavy atom. The van der Waals surface area contributed by atoms with E-state index >= 15 is 0 Å². The van der Waals surface area contributed by atoms with Crippen molar-refractivity contribution in [3.8, 4) is 0 Å². The smallest absolute Gasteiger partial charge is 0.227 e. The zero-order valence-electron chi connectivity index (χ0n) is 14.1. The van der Waals surface area contributed by atoms with Gasteiger partial charge in [-0.15, -0.1) is 11.3 Å². The second-order valence-corrected chi connectivity index (χ2v) is 8.11. The normalized spacial score (nSPS) is 23.6. The first-order valence-corrected chi connectivity index (χ1v) is 9.84. The van der Waals surface area contributed by atoms with Gasteiger partial charge in [0.1, 0.15) is 5.82 Å². The van der Waals surface area contributed by atoms with Crippen LogP contribution >= 0.6 is 11.3 Å². The fourth-order valence-corrected chi connectivity index (χ4v) is 4.67. The predicted octanol–water partition coefficient (Wildman–Crippen LogP) is 1.79. The van der Waals surface area contributed by atoms with Crippen LogP contribution in [0.15, 0.2) is 17.5 Å². The molecule has 0 radical (unpaired) electrons. The van der Waals surface area contributed by atoms with Gasteiger partial charge in [0.05, 0.1) is 18.4 Å². The molecule has 0 aromatic carbocycles. The number of aromatic nitrogens is 2. The second kappa shape index (κ2) is 6.23. The summed E-state index contributed by atoms with van der Waals surface area (Å²) in [4.78, 5) is 15.6. The topological polar surface area (TPSA) is 61.7 Å². The maximum atomic E-state index is 9.64. The molecular weight excluding hydrogens is 336 g/mol. The van der Waals surface area contributed by atoms with Crippen LogP contribution in [0.3, 0.4) is 0 Å². The third-order valence-electron chi connectivity index (χ3n) is 5.35. The molecule has 0 saturated carbocycles. The van der Waals surface area contributed by atoms with Crippen molar-refractivity contribution in [3.63, 3.8) is 0 Å². The fourth-order valence-electron chi connectivity index (χ4n) is 3.78. The molecule has 0 bridgehead atoms. The van der Waals surface area contributed by atoms with E-state index in [1.54, 1.807) is 0 Å². The van der Waals surface area contributed by atoms with Gasteiger partial charge in [-0.1, -0.05) is 0 Å². The van der Waals surface area contributed by atoms with Crippen LogP contribution in [0, 0.1) is 0 Å². The second-order valence-electron chi connectivity index (χ2n) is 7.11. The van der Waals surface area contributed by atoms with E-state index in [9.17, 15) is 5.11 Å². The highest BCUT2D eigenvalue weighted by Gasteiger charge is 2.30. The molecule has 0 aliphatic carbocycles. The van der Waals surface area contributed by atoms with E-state index in [2.05, 4.69) is 27.3 Å². The molecule has 6 nitrogen and oxygen atoms in total. The van der Waals surface area contributed by atoms with Crippen molar-refractivity contribution in [1.29, 1.82) is 0 Å². The van der Waals surface area contributed by atoms with Crippen LogP contribution in [-0.4, -0.2) is 54.0 Å². The number of fused-ring (bicyclic) bond motifs is 1. The molecule has 25 heavy (non-hydrogen) atoms. The third-order valence-corrected chi connectivity index (χ3v) is 6.37. The molecule has 5 rings (SSSR count). The Hall–Kier alpha value is -1.70. The summed E-state index contributed by atoms with van der Waals surface area (Å²) in [6.45, 7) is 4.71. The monoisotopic (exact) mass is 358 g/mol. The predicted molar refractivity (Wildman–Crippen MR) is 97.5 cm³/mol. The summed E-state index contributed by atoms with van der Waals surface area (Å²) in [6, 6.07) is 4.38. The van der Waals surface area contributed by atoms with E-state index < -0.39 is 0 Å². The minimum absolute atomic E-state index is 0.256. The lowest BCUT2D eigenvalue weighted by atomic mass is 10.0.